The Balaban J connectivity index is 1.39. The molecule has 1 heterocycles. The molecule has 0 spiro atoms. The lowest BCUT2D eigenvalue weighted by atomic mass is 9.43. The zero-order chi connectivity index (χ0) is 23.6. The molecule has 7 nitrogen and oxygen atoms in total. The molecule has 4 aliphatic rings. The van der Waals surface area contributed by atoms with Crippen LogP contribution in [-0.2, 0) is 19.6 Å². The third kappa shape index (κ3) is 3.77. The van der Waals surface area contributed by atoms with Crippen LogP contribution in [0.5, 0.6) is 0 Å². The number of aromatic nitrogens is 1. The summed E-state index contributed by atoms with van der Waals surface area (Å²) in [5.74, 6) is 0.457. The quantitative estimate of drug-likeness (QED) is 0.645. The number of pyridine rings is 1. The van der Waals surface area contributed by atoms with Crippen molar-refractivity contribution < 1.29 is 18.0 Å². The van der Waals surface area contributed by atoms with Gasteiger partial charge >= 0.3 is 0 Å². The Kier molecular flexibility index (Phi) is 5.00. The van der Waals surface area contributed by atoms with Crippen molar-refractivity contribution in [3.8, 4) is 0 Å². The molecule has 6 rings (SSSR count). The third-order valence-electron chi connectivity index (χ3n) is 8.21. The molecule has 1 aromatic carbocycles. The minimum Gasteiger partial charge on any atom is -0.369 e. The Morgan fingerprint density at radius 1 is 1.12 bits per heavy atom. The first kappa shape index (κ1) is 22.5. The number of Topliss-reactive ketones (excluding diaryl/α,β-unsaturated/α-hetero) is 1. The second-order valence-electron chi connectivity index (χ2n) is 11.3. The number of rotatable bonds is 7. The van der Waals surface area contributed by atoms with E-state index >= 15 is 0 Å². The lowest BCUT2D eigenvalue weighted by Gasteiger charge is -2.61. The summed E-state index contributed by atoms with van der Waals surface area (Å²) < 4.78 is 29.3. The van der Waals surface area contributed by atoms with Crippen molar-refractivity contribution in [3.63, 3.8) is 0 Å². The highest BCUT2D eigenvalue weighted by Gasteiger charge is 2.60. The second kappa shape index (κ2) is 7.34. The van der Waals surface area contributed by atoms with Crippen LogP contribution in [0.25, 0.3) is 10.9 Å². The number of hydrogen-bond donors (Lipinski definition) is 2. The van der Waals surface area contributed by atoms with Gasteiger partial charge in [0.05, 0.1) is 16.5 Å². The van der Waals surface area contributed by atoms with Gasteiger partial charge in [-0.1, -0.05) is 18.2 Å². The summed E-state index contributed by atoms with van der Waals surface area (Å²) in [6.07, 6.45) is 7.06. The van der Waals surface area contributed by atoms with E-state index in [4.69, 9.17) is 5.73 Å². The molecular weight excluding hydrogens is 438 g/mol. The third-order valence-corrected chi connectivity index (χ3v) is 9.90. The summed E-state index contributed by atoms with van der Waals surface area (Å²) in [5.41, 5.74) is 4.16. The van der Waals surface area contributed by atoms with Gasteiger partial charge in [0, 0.05) is 18.0 Å². The van der Waals surface area contributed by atoms with Crippen LogP contribution in [-0.4, -0.2) is 30.6 Å². The largest absolute Gasteiger partial charge is 0.369 e. The normalized spacial score (nSPS) is 31.1. The van der Waals surface area contributed by atoms with Gasteiger partial charge in [0.1, 0.15) is 4.90 Å². The van der Waals surface area contributed by atoms with Crippen molar-refractivity contribution in [2.75, 3.05) is 0 Å². The van der Waals surface area contributed by atoms with Gasteiger partial charge in [0.25, 0.3) is 0 Å². The van der Waals surface area contributed by atoms with Gasteiger partial charge in [-0.2, -0.15) is 4.72 Å². The summed E-state index contributed by atoms with van der Waals surface area (Å²) in [6.45, 7) is 3.24. The van der Waals surface area contributed by atoms with Gasteiger partial charge in [0.15, 0.2) is 5.78 Å². The maximum Gasteiger partial charge on any atom is 0.243 e. The molecule has 33 heavy (non-hydrogen) atoms. The van der Waals surface area contributed by atoms with Crippen LogP contribution in [0.4, 0.5) is 0 Å². The van der Waals surface area contributed by atoms with Crippen molar-refractivity contribution in [1.82, 2.24) is 9.71 Å². The number of nitrogens with two attached hydrogens (primary N) is 1. The fraction of sp³-hybridized carbons (Fsp3) is 0.560. The molecule has 1 amide bonds. The average molecular weight is 470 g/mol. The topological polar surface area (TPSA) is 119 Å². The molecule has 3 N–H and O–H groups in total. The Labute approximate surface area is 194 Å². The fourth-order valence-corrected chi connectivity index (χ4v) is 8.83. The highest BCUT2D eigenvalue weighted by Crippen LogP contribution is 2.66. The smallest absolute Gasteiger partial charge is 0.243 e. The summed E-state index contributed by atoms with van der Waals surface area (Å²) in [4.78, 5) is 30.2. The summed E-state index contributed by atoms with van der Waals surface area (Å²) in [7, 11) is -3.99. The number of sulfonamides is 1. The van der Waals surface area contributed by atoms with Gasteiger partial charge in [-0.3, -0.25) is 14.6 Å². The fourth-order valence-electron chi connectivity index (χ4n) is 7.25. The van der Waals surface area contributed by atoms with Gasteiger partial charge in [0.2, 0.25) is 15.9 Å². The van der Waals surface area contributed by atoms with Gasteiger partial charge < -0.3 is 5.73 Å². The number of amides is 1. The number of fused-ring (bicyclic) bond motifs is 1. The Bertz CT molecular complexity index is 1230. The monoisotopic (exact) mass is 469 g/mol. The summed E-state index contributed by atoms with van der Waals surface area (Å²) in [5, 5.41) is 0.717. The summed E-state index contributed by atoms with van der Waals surface area (Å²) >= 11 is 0. The number of ketones is 1. The van der Waals surface area contributed by atoms with E-state index in [-0.39, 0.29) is 28.4 Å². The van der Waals surface area contributed by atoms with Crippen molar-refractivity contribution in [3.05, 3.63) is 36.5 Å². The first-order chi connectivity index (χ1) is 15.4. The van der Waals surface area contributed by atoms with Crippen LogP contribution in [0.3, 0.4) is 0 Å². The average Bonchev–Trinajstić information content (AvgIpc) is 2.71. The number of nitrogens with one attached hydrogen (secondary N) is 1. The molecule has 2 aromatic rings. The minimum atomic E-state index is -3.99. The number of hydrogen-bond acceptors (Lipinski definition) is 5. The predicted molar refractivity (Wildman–Crippen MR) is 125 cm³/mol. The molecule has 0 aliphatic heterocycles. The number of carbonyl (C=O) groups is 2. The van der Waals surface area contributed by atoms with E-state index in [2.05, 4.69) is 9.71 Å². The molecular formula is C25H31N3O4S. The van der Waals surface area contributed by atoms with E-state index in [9.17, 15) is 18.0 Å². The second-order valence-corrected chi connectivity index (χ2v) is 12.9. The van der Waals surface area contributed by atoms with Crippen molar-refractivity contribution in [1.29, 1.82) is 0 Å². The molecule has 2 unspecified atom stereocenters. The molecule has 4 fully saturated rings. The number of carbonyl (C=O) groups excluding carboxylic acids is 2. The van der Waals surface area contributed by atoms with Crippen LogP contribution in [0, 0.1) is 22.7 Å². The molecule has 176 valence electrons. The number of nitrogens with zero attached hydrogens (tertiary/aromatic N) is 1. The van der Waals surface area contributed by atoms with Crippen molar-refractivity contribution in [2.45, 2.75) is 69.2 Å². The van der Waals surface area contributed by atoms with Crippen LogP contribution >= 0.6 is 0 Å². The molecule has 4 saturated carbocycles. The zero-order valence-electron chi connectivity index (χ0n) is 19.1. The standard InChI is InChI=1S/C25H31N3O4S/c1-23(2,28-33(31,32)19-7-3-5-18-6-4-8-27-21(18)19)20(29)14-24-10-16-9-17(11-24)13-25(12-16,15-24)22(26)30/h3-8,16-17,28H,9-15H2,1-2H3,(H2,26,30). The minimum absolute atomic E-state index is 0.0592. The Hall–Kier alpha value is -2.32. The van der Waals surface area contributed by atoms with E-state index in [1.807, 2.05) is 0 Å². The van der Waals surface area contributed by atoms with Gasteiger partial charge in [-0.25, -0.2) is 8.42 Å². The zero-order valence-corrected chi connectivity index (χ0v) is 20.0. The van der Waals surface area contributed by atoms with Crippen LogP contribution in [0.15, 0.2) is 41.4 Å². The van der Waals surface area contributed by atoms with E-state index in [0.29, 0.717) is 23.8 Å². The number of benzene rings is 1. The highest BCUT2D eigenvalue weighted by molar-refractivity contribution is 7.89. The molecule has 0 saturated heterocycles. The maximum atomic E-state index is 13.5. The predicted octanol–water partition coefficient (Wildman–Crippen LogP) is 3.32. The lowest BCUT2D eigenvalue weighted by molar-refractivity contribution is -0.158. The van der Waals surface area contributed by atoms with E-state index in [1.165, 1.54) is 6.07 Å². The van der Waals surface area contributed by atoms with Gasteiger partial charge in [-0.15, -0.1) is 0 Å². The van der Waals surface area contributed by atoms with Crippen molar-refractivity contribution in [2.24, 2.45) is 28.4 Å². The van der Waals surface area contributed by atoms with E-state index in [1.54, 1.807) is 44.3 Å². The molecule has 4 bridgehead atoms. The Morgan fingerprint density at radius 3 is 2.45 bits per heavy atom. The van der Waals surface area contributed by atoms with Crippen LogP contribution < -0.4 is 10.5 Å². The lowest BCUT2D eigenvalue weighted by Crippen LogP contribution is -2.58. The number of primary amides is 1. The molecule has 4 aliphatic carbocycles. The van der Waals surface area contributed by atoms with E-state index < -0.39 is 21.0 Å². The first-order valence-electron chi connectivity index (χ1n) is 11.6. The van der Waals surface area contributed by atoms with Crippen LogP contribution in [0.2, 0.25) is 0 Å². The number of para-hydroxylation sites is 1. The molecule has 1 aromatic heterocycles. The van der Waals surface area contributed by atoms with Gasteiger partial charge in [-0.05, 0) is 81.8 Å². The van der Waals surface area contributed by atoms with Crippen molar-refractivity contribution >= 4 is 32.6 Å². The molecule has 0 radical (unpaired) electrons. The highest BCUT2D eigenvalue weighted by atomic mass is 32.2. The molecule has 2 atom stereocenters. The summed E-state index contributed by atoms with van der Waals surface area (Å²) in [6, 6.07) is 8.54. The van der Waals surface area contributed by atoms with Crippen LogP contribution in [0.1, 0.15) is 58.8 Å². The van der Waals surface area contributed by atoms with E-state index in [0.717, 1.165) is 37.5 Å². The molecule has 8 heteroatoms. The SMILES string of the molecule is CC(C)(NS(=O)(=O)c1cccc2cccnc12)C(=O)CC12CC3CC(C1)CC(C(N)=O)(C3)C2. The maximum absolute atomic E-state index is 13.5. The first-order valence-corrected chi connectivity index (χ1v) is 13.1. The Morgan fingerprint density at radius 2 is 1.79 bits per heavy atom.